The zero-order valence-corrected chi connectivity index (χ0v) is 11.8. The van der Waals surface area contributed by atoms with E-state index in [1.54, 1.807) is 0 Å². The van der Waals surface area contributed by atoms with Gasteiger partial charge >= 0.3 is 0 Å². The quantitative estimate of drug-likeness (QED) is 0.566. The summed E-state index contributed by atoms with van der Waals surface area (Å²) in [7, 11) is 0. The maximum Gasteiger partial charge on any atom is 0.0652 e. The molecule has 0 aliphatic rings. The van der Waals surface area contributed by atoms with Crippen LogP contribution in [0.15, 0.2) is 0 Å². The molecule has 1 nitrogen and oxygen atoms in total. The second kappa shape index (κ2) is 8.62. The van der Waals surface area contributed by atoms with E-state index in [0.29, 0.717) is 0 Å². The zero-order chi connectivity index (χ0) is 12.6. The standard InChI is InChI=1S/C15H29N/c1-6-12(2)7-9-14(4)15(5)10-8-13(3)11-16/h12-15H,6-10H2,1-5H3. The lowest BCUT2D eigenvalue weighted by molar-refractivity contribution is 0.302. The predicted octanol–water partition coefficient (Wildman–Crippen LogP) is 5.02. The third-order valence-electron chi connectivity index (χ3n) is 4.06. The average Bonchev–Trinajstić information content (AvgIpc) is 2.31. The van der Waals surface area contributed by atoms with Crippen LogP contribution in [0.5, 0.6) is 0 Å². The molecule has 0 aliphatic carbocycles. The van der Waals surface area contributed by atoms with Gasteiger partial charge < -0.3 is 0 Å². The Morgan fingerprint density at radius 2 is 1.38 bits per heavy atom. The van der Waals surface area contributed by atoms with Gasteiger partial charge in [-0.25, -0.2) is 0 Å². The van der Waals surface area contributed by atoms with E-state index in [0.717, 1.165) is 24.2 Å². The molecule has 0 heterocycles. The molecule has 1 heteroatoms. The molecular formula is C15H29N. The molecule has 4 atom stereocenters. The van der Waals surface area contributed by atoms with Crippen LogP contribution >= 0.6 is 0 Å². The van der Waals surface area contributed by atoms with Crippen LogP contribution in [0.25, 0.3) is 0 Å². The lowest BCUT2D eigenvalue weighted by atomic mass is 9.84. The highest BCUT2D eigenvalue weighted by atomic mass is 14.3. The molecular weight excluding hydrogens is 194 g/mol. The summed E-state index contributed by atoms with van der Waals surface area (Å²) in [5.74, 6) is 2.66. The molecule has 0 radical (unpaired) electrons. The lowest BCUT2D eigenvalue weighted by Crippen LogP contribution is -2.10. The highest BCUT2D eigenvalue weighted by Crippen LogP contribution is 2.25. The Bertz CT molecular complexity index is 204. The Hall–Kier alpha value is -0.510. The van der Waals surface area contributed by atoms with E-state index in [9.17, 15) is 0 Å². The van der Waals surface area contributed by atoms with Crippen LogP contribution in [-0.2, 0) is 0 Å². The van der Waals surface area contributed by atoms with Crippen LogP contribution in [0.1, 0.15) is 66.7 Å². The number of rotatable bonds is 8. The summed E-state index contributed by atoms with van der Waals surface area (Å²) in [5, 5.41) is 8.74. The van der Waals surface area contributed by atoms with Crippen molar-refractivity contribution in [3.63, 3.8) is 0 Å². The average molecular weight is 223 g/mol. The van der Waals surface area contributed by atoms with Crippen molar-refractivity contribution >= 4 is 0 Å². The summed E-state index contributed by atoms with van der Waals surface area (Å²) in [4.78, 5) is 0. The summed E-state index contributed by atoms with van der Waals surface area (Å²) in [6, 6.07) is 2.32. The Morgan fingerprint density at radius 3 is 1.81 bits per heavy atom. The maximum atomic E-state index is 8.74. The van der Waals surface area contributed by atoms with Crippen LogP contribution in [0.4, 0.5) is 0 Å². The Kier molecular flexibility index (Phi) is 8.35. The van der Waals surface area contributed by atoms with Gasteiger partial charge in [0, 0.05) is 5.92 Å². The van der Waals surface area contributed by atoms with E-state index in [2.05, 4.69) is 33.8 Å². The van der Waals surface area contributed by atoms with Crippen molar-refractivity contribution in [1.29, 1.82) is 5.26 Å². The minimum Gasteiger partial charge on any atom is -0.198 e. The molecule has 16 heavy (non-hydrogen) atoms. The number of hydrogen-bond donors (Lipinski definition) is 0. The van der Waals surface area contributed by atoms with E-state index in [1.807, 2.05) is 6.92 Å². The molecule has 0 aliphatic heterocycles. The van der Waals surface area contributed by atoms with Gasteiger partial charge in [0.15, 0.2) is 0 Å². The molecule has 94 valence electrons. The molecule has 0 spiro atoms. The van der Waals surface area contributed by atoms with Crippen LogP contribution in [0.3, 0.4) is 0 Å². The van der Waals surface area contributed by atoms with Crippen molar-refractivity contribution in [3.8, 4) is 6.07 Å². The van der Waals surface area contributed by atoms with Gasteiger partial charge in [-0.15, -0.1) is 0 Å². The van der Waals surface area contributed by atoms with Gasteiger partial charge in [0.2, 0.25) is 0 Å². The van der Waals surface area contributed by atoms with E-state index in [4.69, 9.17) is 5.26 Å². The largest absolute Gasteiger partial charge is 0.198 e. The second-order valence-corrected chi connectivity index (χ2v) is 5.65. The van der Waals surface area contributed by atoms with Crippen LogP contribution in [-0.4, -0.2) is 0 Å². The number of nitrogens with zero attached hydrogens (tertiary/aromatic N) is 1. The lowest BCUT2D eigenvalue weighted by Gasteiger charge is -2.21. The Balaban J connectivity index is 3.73. The smallest absolute Gasteiger partial charge is 0.0652 e. The molecule has 0 aromatic carbocycles. The van der Waals surface area contributed by atoms with Crippen LogP contribution in [0, 0.1) is 35.0 Å². The van der Waals surface area contributed by atoms with Gasteiger partial charge in [-0.05, 0) is 37.5 Å². The normalized spacial score (nSPS) is 18.5. The molecule has 0 aromatic rings. The Morgan fingerprint density at radius 1 is 0.875 bits per heavy atom. The minimum absolute atomic E-state index is 0.226. The summed E-state index contributed by atoms with van der Waals surface area (Å²) in [6.07, 6.45) is 6.27. The summed E-state index contributed by atoms with van der Waals surface area (Å²) >= 11 is 0. The first-order chi connectivity index (χ1) is 7.51. The Labute approximate surface area is 102 Å². The first-order valence-electron chi connectivity index (χ1n) is 6.90. The fraction of sp³-hybridized carbons (Fsp3) is 0.933. The number of nitriles is 1. The predicted molar refractivity (Wildman–Crippen MR) is 71.0 cm³/mol. The van der Waals surface area contributed by atoms with E-state index in [1.165, 1.54) is 25.7 Å². The fourth-order valence-corrected chi connectivity index (χ4v) is 1.90. The summed E-state index contributed by atoms with van der Waals surface area (Å²) < 4.78 is 0. The van der Waals surface area contributed by atoms with Crippen molar-refractivity contribution < 1.29 is 0 Å². The minimum atomic E-state index is 0.226. The fourth-order valence-electron chi connectivity index (χ4n) is 1.90. The van der Waals surface area contributed by atoms with Gasteiger partial charge in [0.1, 0.15) is 0 Å². The van der Waals surface area contributed by atoms with Crippen molar-refractivity contribution in [3.05, 3.63) is 0 Å². The topological polar surface area (TPSA) is 23.8 Å². The molecule has 0 fully saturated rings. The summed E-state index contributed by atoms with van der Waals surface area (Å²) in [6.45, 7) is 11.3. The third kappa shape index (κ3) is 6.88. The van der Waals surface area contributed by atoms with Crippen LogP contribution < -0.4 is 0 Å². The first-order valence-corrected chi connectivity index (χ1v) is 6.90. The highest BCUT2D eigenvalue weighted by Gasteiger charge is 2.14. The van der Waals surface area contributed by atoms with Gasteiger partial charge in [-0.3, -0.25) is 0 Å². The molecule has 0 aromatic heterocycles. The molecule has 0 amide bonds. The molecule has 0 rings (SSSR count). The summed E-state index contributed by atoms with van der Waals surface area (Å²) in [5.41, 5.74) is 0. The van der Waals surface area contributed by atoms with E-state index >= 15 is 0 Å². The third-order valence-corrected chi connectivity index (χ3v) is 4.06. The monoisotopic (exact) mass is 223 g/mol. The van der Waals surface area contributed by atoms with Crippen molar-refractivity contribution in [2.45, 2.75) is 66.7 Å². The molecule has 4 unspecified atom stereocenters. The SMILES string of the molecule is CCC(C)CCC(C)C(C)CCC(C)C#N. The second-order valence-electron chi connectivity index (χ2n) is 5.65. The highest BCUT2D eigenvalue weighted by molar-refractivity contribution is 4.79. The van der Waals surface area contributed by atoms with E-state index < -0.39 is 0 Å². The van der Waals surface area contributed by atoms with E-state index in [-0.39, 0.29) is 5.92 Å². The molecule has 0 N–H and O–H groups in total. The zero-order valence-electron chi connectivity index (χ0n) is 11.8. The van der Waals surface area contributed by atoms with Crippen LogP contribution in [0.2, 0.25) is 0 Å². The van der Waals surface area contributed by atoms with Gasteiger partial charge in [0.25, 0.3) is 0 Å². The first kappa shape index (κ1) is 15.5. The van der Waals surface area contributed by atoms with Crippen molar-refractivity contribution in [1.82, 2.24) is 0 Å². The van der Waals surface area contributed by atoms with Gasteiger partial charge in [0.05, 0.1) is 6.07 Å². The maximum absolute atomic E-state index is 8.74. The van der Waals surface area contributed by atoms with Crippen molar-refractivity contribution in [2.24, 2.45) is 23.7 Å². The van der Waals surface area contributed by atoms with Gasteiger partial charge in [-0.1, -0.05) is 47.0 Å². The van der Waals surface area contributed by atoms with Crippen molar-refractivity contribution in [2.75, 3.05) is 0 Å². The molecule has 0 bridgehead atoms. The van der Waals surface area contributed by atoms with Gasteiger partial charge in [-0.2, -0.15) is 5.26 Å². The molecule has 0 saturated heterocycles. The molecule has 0 saturated carbocycles. The number of hydrogen-bond acceptors (Lipinski definition) is 1.